The van der Waals surface area contributed by atoms with Crippen molar-refractivity contribution in [3.05, 3.63) is 59.7 Å². The van der Waals surface area contributed by atoms with Crippen molar-refractivity contribution in [2.45, 2.75) is 6.92 Å². The number of hydrogen-bond acceptors (Lipinski definition) is 7. The Hall–Kier alpha value is -3.79. The van der Waals surface area contributed by atoms with Crippen LogP contribution in [-0.2, 0) is 9.53 Å². The topological polar surface area (TPSA) is 94.9 Å². The Balaban J connectivity index is 2.21. The lowest BCUT2D eigenvalue weighted by molar-refractivity contribution is -0.129. The Bertz CT molecular complexity index is 883. The quantitative estimate of drug-likeness (QED) is 0.252. The van der Waals surface area contributed by atoms with Crippen molar-refractivity contribution in [3.8, 4) is 23.3 Å². The molecule has 2 rings (SSSR count). The molecule has 2 aromatic rings. The molecule has 0 amide bonds. The van der Waals surface area contributed by atoms with Crippen LogP contribution in [0, 0.1) is 11.3 Å². The third-order valence-corrected chi connectivity index (χ3v) is 3.25. The second kappa shape index (κ2) is 9.63. The second-order valence-electron chi connectivity index (χ2n) is 5.07. The Morgan fingerprint density at radius 2 is 1.81 bits per heavy atom. The smallest absolute Gasteiger partial charge is 0.493 e. The number of ether oxygens (including phenoxy) is 4. The van der Waals surface area contributed by atoms with Crippen LogP contribution >= 0.6 is 0 Å². The maximum Gasteiger partial charge on any atom is 0.513 e. The van der Waals surface area contributed by atoms with Gasteiger partial charge in [-0.05, 0) is 42.8 Å². The standard InChI is InChI=1S/C20H17NO6/c1-3-25-20(23)27-17-10-9-14(12-18(17)24-2)11-15(13-21)19(22)26-16-7-5-4-6-8-16/h4-12H,3H2,1-2H3/b15-11+. The largest absolute Gasteiger partial charge is 0.513 e. The Morgan fingerprint density at radius 3 is 2.44 bits per heavy atom. The van der Waals surface area contributed by atoms with Gasteiger partial charge in [-0.2, -0.15) is 5.26 Å². The maximum absolute atomic E-state index is 12.2. The van der Waals surface area contributed by atoms with Crippen LogP contribution < -0.4 is 14.2 Å². The van der Waals surface area contributed by atoms with E-state index in [1.54, 1.807) is 43.3 Å². The summed E-state index contributed by atoms with van der Waals surface area (Å²) in [6.45, 7) is 1.83. The first-order chi connectivity index (χ1) is 13.1. The monoisotopic (exact) mass is 367 g/mol. The number of benzene rings is 2. The van der Waals surface area contributed by atoms with Crippen LogP contribution in [0.15, 0.2) is 54.1 Å². The van der Waals surface area contributed by atoms with Gasteiger partial charge < -0.3 is 18.9 Å². The van der Waals surface area contributed by atoms with Crippen molar-refractivity contribution in [2.24, 2.45) is 0 Å². The number of rotatable bonds is 6. The first kappa shape index (κ1) is 19.5. The van der Waals surface area contributed by atoms with Crippen molar-refractivity contribution in [1.29, 1.82) is 5.26 Å². The number of methoxy groups -OCH3 is 1. The average Bonchev–Trinajstić information content (AvgIpc) is 2.67. The summed E-state index contributed by atoms with van der Waals surface area (Å²) in [5.74, 6) is -0.0575. The fourth-order valence-corrected chi connectivity index (χ4v) is 2.05. The van der Waals surface area contributed by atoms with Gasteiger partial charge in [0.15, 0.2) is 11.5 Å². The van der Waals surface area contributed by atoms with Crippen LogP contribution in [0.25, 0.3) is 6.08 Å². The summed E-state index contributed by atoms with van der Waals surface area (Å²) in [5.41, 5.74) is 0.296. The minimum Gasteiger partial charge on any atom is -0.493 e. The molecule has 0 saturated carbocycles. The van der Waals surface area contributed by atoms with Crippen LogP contribution in [0.3, 0.4) is 0 Å². The highest BCUT2D eigenvalue weighted by Gasteiger charge is 2.14. The number of nitrogens with zero attached hydrogens (tertiary/aromatic N) is 1. The first-order valence-electron chi connectivity index (χ1n) is 7.99. The average molecular weight is 367 g/mol. The molecule has 0 saturated heterocycles. The lowest BCUT2D eigenvalue weighted by Gasteiger charge is -2.09. The summed E-state index contributed by atoms with van der Waals surface area (Å²) in [7, 11) is 1.40. The highest BCUT2D eigenvalue weighted by atomic mass is 16.7. The molecule has 7 heteroatoms. The fraction of sp³-hybridized carbons (Fsp3) is 0.150. The molecule has 0 fully saturated rings. The lowest BCUT2D eigenvalue weighted by atomic mass is 10.1. The van der Waals surface area contributed by atoms with Crippen LogP contribution in [0.5, 0.6) is 17.2 Å². The molecule has 0 aliphatic rings. The van der Waals surface area contributed by atoms with E-state index in [1.807, 2.05) is 6.07 Å². The van der Waals surface area contributed by atoms with Gasteiger partial charge in [-0.15, -0.1) is 0 Å². The van der Waals surface area contributed by atoms with Crippen LogP contribution in [0.4, 0.5) is 4.79 Å². The predicted octanol–water partition coefficient (Wildman–Crippen LogP) is 3.74. The normalized spacial score (nSPS) is 10.5. The molecule has 27 heavy (non-hydrogen) atoms. The van der Waals surface area contributed by atoms with E-state index in [4.69, 9.17) is 18.9 Å². The van der Waals surface area contributed by atoms with Gasteiger partial charge in [0.2, 0.25) is 0 Å². The zero-order valence-corrected chi connectivity index (χ0v) is 14.8. The van der Waals surface area contributed by atoms with E-state index in [0.717, 1.165) is 0 Å². The highest BCUT2D eigenvalue weighted by molar-refractivity contribution is 5.99. The van der Waals surface area contributed by atoms with Gasteiger partial charge in [-0.1, -0.05) is 24.3 Å². The number of esters is 1. The summed E-state index contributed by atoms with van der Waals surface area (Å²) in [4.78, 5) is 23.6. The summed E-state index contributed by atoms with van der Waals surface area (Å²) in [5, 5.41) is 9.26. The maximum atomic E-state index is 12.2. The van der Waals surface area contributed by atoms with Gasteiger partial charge in [0.05, 0.1) is 13.7 Å². The van der Waals surface area contributed by atoms with Crippen molar-refractivity contribution in [1.82, 2.24) is 0 Å². The van der Waals surface area contributed by atoms with Crippen molar-refractivity contribution >= 4 is 18.2 Å². The molecule has 0 spiro atoms. The number of hydrogen-bond donors (Lipinski definition) is 0. The van der Waals surface area contributed by atoms with E-state index in [-0.39, 0.29) is 23.7 Å². The third kappa shape index (κ3) is 5.61. The molecule has 0 unspecified atom stereocenters. The van der Waals surface area contributed by atoms with Crippen molar-refractivity contribution in [2.75, 3.05) is 13.7 Å². The number of carbonyl (C=O) groups excluding carboxylic acids is 2. The molecule has 2 aromatic carbocycles. The number of para-hydroxylation sites is 1. The Labute approximate surface area is 156 Å². The number of carbonyl (C=O) groups is 2. The molecule has 0 radical (unpaired) electrons. The van der Waals surface area contributed by atoms with E-state index < -0.39 is 12.1 Å². The summed E-state index contributed by atoms with van der Waals surface area (Å²) in [6, 6.07) is 14.8. The highest BCUT2D eigenvalue weighted by Crippen LogP contribution is 2.29. The van der Waals surface area contributed by atoms with E-state index in [2.05, 4.69) is 0 Å². The summed E-state index contributed by atoms with van der Waals surface area (Å²) < 4.78 is 20.1. The molecule has 0 N–H and O–H groups in total. The minimum atomic E-state index is -0.858. The first-order valence-corrected chi connectivity index (χ1v) is 7.99. The zero-order chi connectivity index (χ0) is 19.6. The summed E-state index contributed by atoms with van der Waals surface area (Å²) >= 11 is 0. The van der Waals surface area contributed by atoms with E-state index in [1.165, 1.54) is 25.3 Å². The van der Waals surface area contributed by atoms with Crippen molar-refractivity contribution in [3.63, 3.8) is 0 Å². The molecule has 0 aliphatic carbocycles. The number of nitriles is 1. The Kier molecular flexibility index (Phi) is 6.97. The Morgan fingerprint density at radius 1 is 1.07 bits per heavy atom. The molecule has 7 nitrogen and oxygen atoms in total. The minimum absolute atomic E-state index is 0.151. The zero-order valence-electron chi connectivity index (χ0n) is 14.8. The molecular formula is C20H17NO6. The summed E-state index contributed by atoms with van der Waals surface area (Å²) in [6.07, 6.45) is 0.491. The van der Waals surface area contributed by atoms with Gasteiger partial charge in [0.1, 0.15) is 17.4 Å². The van der Waals surface area contributed by atoms with E-state index in [0.29, 0.717) is 11.3 Å². The van der Waals surface area contributed by atoms with Crippen LogP contribution in [-0.4, -0.2) is 25.8 Å². The van der Waals surface area contributed by atoms with E-state index in [9.17, 15) is 14.9 Å². The van der Waals surface area contributed by atoms with Crippen LogP contribution in [0.2, 0.25) is 0 Å². The van der Waals surface area contributed by atoms with Crippen molar-refractivity contribution < 1.29 is 28.5 Å². The fourth-order valence-electron chi connectivity index (χ4n) is 2.05. The van der Waals surface area contributed by atoms with Crippen LogP contribution in [0.1, 0.15) is 12.5 Å². The molecule has 138 valence electrons. The molecule has 0 heterocycles. The molecule has 0 aromatic heterocycles. The van der Waals surface area contributed by atoms with Gasteiger partial charge in [-0.25, -0.2) is 9.59 Å². The van der Waals surface area contributed by atoms with E-state index >= 15 is 0 Å². The second-order valence-corrected chi connectivity index (χ2v) is 5.07. The third-order valence-electron chi connectivity index (χ3n) is 3.25. The van der Waals surface area contributed by atoms with Gasteiger partial charge >= 0.3 is 12.1 Å². The van der Waals surface area contributed by atoms with Gasteiger partial charge in [0.25, 0.3) is 0 Å². The molecule has 0 bridgehead atoms. The molecular weight excluding hydrogens is 350 g/mol. The molecule has 0 atom stereocenters. The van der Waals surface area contributed by atoms with Gasteiger partial charge in [0, 0.05) is 0 Å². The SMILES string of the molecule is CCOC(=O)Oc1ccc(/C=C(\C#N)C(=O)Oc2ccccc2)cc1OC. The predicted molar refractivity (Wildman–Crippen MR) is 96.3 cm³/mol. The van der Waals surface area contributed by atoms with Gasteiger partial charge in [-0.3, -0.25) is 0 Å². The molecule has 0 aliphatic heterocycles. The lowest BCUT2D eigenvalue weighted by Crippen LogP contribution is -2.11.